The maximum Gasteiger partial charge on any atom is 0.119 e. The Kier molecular flexibility index (Phi) is 20.3. The summed E-state index contributed by atoms with van der Waals surface area (Å²) in [5, 5.41) is 0. The quantitative estimate of drug-likeness (QED) is 0.0500. The minimum Gasteiger partial charge on any atom is -0.494 e. The molecule has 8 heterocycles. The normalized spacial score (nSPS) is 15.7. The van der Waals surface area contributed by atoms with Gasteiger partial charge in [0.1, 0.15) is 42.8 Å². The molecule has 0 unspecified atom stereocenters. The summed E-state index contributed by atoms with van der Waals surface area (Å²) in [4.78, 5) is 26.2. The third-order valence-corrected chi connectivity index (χ3v) is 16.9. The van der Waals surface area contributed by atoms with Crippen molar-refractivity contribution in [3.63, 3.8) is 0 Å². The van der Waals surface area contributed by atoms with Crippen LogP contribution in [0.15, 0.2) is 121 Å². The van der Waals surface area contributed by atoms with E-state index in [0.717, 1.165) is 217 Å². The van der Waals surface area contributed by atoms with E-state index in [2.05, 4.69) is 177 Å². The Morgan fingerprint density at radius 2 is 0.605 bits per heavy atom. The number of hydrogen-bond donors (Lipinski definition) is 2. The molecule has 0 amide bonds. The van der Waals surface area contributed by atoms with Crippen LogP contribution in [0.4, 0.5) is 0 Å². The molecule has 4 aromatic carbocycles. The van der Waals surface area contributed by atoms with E-state index in [1.807, 2.05) is 0 Å². The number of nitrogens with zero attached hydrogens (tertiary/aromatic N) is 5. The lowest BCUT2D eigenvalue weighted by Gasteiger charge is -2.26. The first-order chi connectivity index (χ1) is 42.6. The number of aromatic amines is 2. The highest BCUT2D eigenvalue weighted by Gasteiger charge is 2.21. The van der Waals surface area contributed by atoms with Crippen molar-refractivity contribution in [2.24, 2.45) is 0 Å². The maximum absolute atomic E-state index is 6.36. The molecule has 0 atom stereocenters. The second-order valence-electron chi connectivity index (χ2n) is 22.8. The lowest BCUT2D eigenvalue weighted by atomic mass is 10.0. The molecule has 3 saturated heterocycles. The molecular weight excluding hydrogens is 1070 g/mol. The van der Waals surface area contributed by atoms with E-state index in [1.165, 1.54) is 44.9 Å². The molecule has 12 rings (SSSR count). The molecule has 8 bridgehead atoms. The molecule has 448 valence electrons. The average Bonchev–Trinajstić information content (AvgIpc) is 2.33. The third-order valence-electron chi connectivity index (χ3n) is 16.9. The van der Waals surface area contributed by atoms with Crippen LogP contribution in [0.25, 0.3) is 90.9 Å². The number of benzene rings is 4. The zero-order valence-electron chi connectivity index (χ0n) is 50.0. The molecule has 0 saturated carbocycles. The molecule has 0 spiro atoms. The van der Waals surface area contributed by atoms with Crippen LogP contribution in [0.5, 0.6) is 23.0 Å². The van der Waals surface area contributed by atoms with Crippen molar-refractivity contribution < 1.29 is 33.2 Å². The Balaban J connectivity index is 0.955. The van der Waals surface area contributed by atoms with Crippen LogP contribution >= 0.6 is 0 Å². The predicted octanol–water partition coefficient (Wildman–Crippen LogP) is 14.0. The fourth-order valence-corrected chi connectivity index (χ4v) is 12.1. The standard InChI is InChI=1S/C72H83N7O7/c1-2-3-4-5-6-7-8-9-43-83-57-18-10-53(11-19-57)69-61-26-28-63(73-61)70(54-12-20-58(21-13-54)84-50-40-77-34-44-80-45-35-77)65-30-32-67(75-65)72(56-16-24-60(25-17-56)86-52-42-79-38-48-82-49-39-79)68-33-31-66(76-68)71(64-29-27-62(69)74-64)55-14-22-59(23-15-55)85-51-41-78-36-46-81-47-37-78/h10-33,73,76H,2-9,34-52H2,1H3. The average molecular weight is 1160 g/mol. The molecule has 14 heteroatoms. The van der Waals surface area contributed by atoms with Crippen molar-refractivity contribution >= 4 is 46.4 Å². The Morgan fingerprint density at radius 1 is 0.337 bits per heavy atom. The number of H-pyrrole nitrogens is 2. The Hall–Kier alpha value is -7.56. The van der Waals surface area contributed by atoms with E-state index in [9.17, 15) is 0 Å². The fraction of sp³-hybridized carbons (Fsp3) is 0.389. The number of unbranched alkanes of at least 4 members (excludes halogenated alkanes) is 7. The largest absolute Gasteiger partial charge is 0.494 e. The summed E-state index contributed by atoms with van der Waals surface area (Å²) in [6.45, 7) is 17.5. The van der Waals surface area contributed by atoms with Gasteiger partial charge in [-0.15, -0.1) is 0 Å². The molecule has 3 fully saturated rings. The smallest absolute Gasteiger partial charge is 0.119 e. The lowest BCUT2D eigenvalue weighted by molar-refractivity contribution is 0.0321. The van der Waals surface area contributed by atoms with Gasteiger partial charge in [0, 0.05) is 103 Å². The topological polar surface area (TPSA) is 132 Å². The van der Waals surface area contributed by atoms with E-state index in [0.29, 0.717) is 26.4 Å². The van der Waals surface area contributed by atoms with Crippen LogP contribution in [0, 0.1) is 0 Å². The molecule has 5 aliphatic rings. The van der Waals surface area contributed by atoms with Gasteiger partial charge < -0.3 is 43.1 Å². The SMILES string of the molecule is CCCCCCCCCCOc1ccc(-c2c3nc(c(-c4ccc(OCCN5CCOCC5)cc4)c4ccc([nH]4)c(-c4ccc(OCCN5CCOCC5)cc4)c4nc(c(-c5ccc(OCCN6CCOCC6)cc5)c5ccc2[nH]5)C=C4)C=C3)cc1. The van der Waals surface area contributed by atoms with Gasteiger partial charge in [0.05, 0.1) is 69.0 Å². The molecule has 86 heavy (non-hydrogen) atoms. The zero-order chi connectivity index (χ0) is 58.1. The highest BCUT2D eigenvalue weighted by Crippen LogP contribution is 2.40. The summed E-state index contributed by atoms with van der Waals surface area (Å²) in [7, 11) is 0. The number of ether oxygens (including phenoxy) is 7. The van der Waals surface area contributed by atoms with Gasteiger partial charge in [-0.25, -0.2) is 9.97 Å². The van der Waals surface area contributed by atoms with Gasteiger partial charge in [-0.05, 0) is 126 Å². The highest BCUT2D eigenvalue weighted by atomic mass is 16.5. The fourth-order valence-electron chi connectivity index (χ4n) is 12.1. The first-order valence-corrected chi connectivity index (χ1v) is 31.6. The monoisotopic (exact) mass is 1160 g/mol. The van der Waals surface area contributed by atoms with Gasteiger partial charge in [-0.1, -0.05) is 100 Å². The number of nitrogens with one attached hydrogen (secondary N) is 2. The van der Waals surface area contributed by atoms with Crippen molar-refractivity contribution in [3.05, 3.63) is 144 Å². The third kappa shape index (κ3) is 15.2. The van der Waals surface area contributed by atoms with Gasteiger partial charge >= 0.3 is 0 Å². The van der Waals surface area contributed by atoms with E-state index >= 15 is 0 Å². The molecule has 14 nitrogen and oxygen atoms in total. The van der Waals surface area contributed by atoms with Gasteiger partial charge in [-0.2, -0.15) is 0 Å². The first kappa shape index (κ1) is 58.8. The molecular formula is C72H83N7O7. The number of morpholine rings is 3. The molecule has 2 N–H and O–H groups in total. The highest BCUT2D eigenvalue weighted by molar-refractivity contribution is 6.00. The van der Waals surface area contributed by atoms with Gasteiger partial charge in [0.2, 0.25) is 0 Å². The van der Waals surface area contributed by atoms with E-state index in [4.69, 9.17) is 43.1 Å². The summed E-state index contributed by atoms with van der Waals surface area (Å²) in [5.41, 5.74) is 15.0. The Labute approximate surface area is 506 Å². The van der Waals surface area contributed by atoms with Crippen LogP contribution in [0.3, 0.4) is 0 Å². The van der Waals surface area contributed by atoms with Crippen molar-refractivity contribution in [2.75, 3.05) is 125 Å². The summed E-state index contributed by atoms with van der Waals surface area (Å²) < 4.78 is 42.1. The van der Waals surface area contributed by atoms with Gasteiger partial charge in [-0.3, -0.25) is 14.7 Å². The summed E-state index contributed by atoms with van der Waals surface area (Å²) >= 11 is 0. The van der Waals surface area contributed by atoms with E-state index < -0.39 is 0 Å². The molecule has 7 aromatic rings. The maximum atomic E-state index is 6.36. The minimum atomic E-state index is 0.599. The summed E-state index contributed by atoms with van der Waals surface area (Å²) in [6.07, 6.45) is 18.7. The van der Waals surface area contributed by atoms with Crippen LogP contribution in [-0.2, 0) is 14.2 Å². The van der Waals surface area contributed by atoms with Crippen LogP contribution in [0.2, 0.25) is 0 Å². The van der Waals surface area contributed by atoms with Crippen molar-refractivity contribution in [1.82, 2.24) is 34.6 Å². The van der Waals surface area contributed by atoms with Crippen LogP contribution in [-0.4, -0.2) is 160 Å². The number of hydrogen-bond acceptors (Lipinski definition) is 12. The van der Waals surface area contributed by atoms with Crippen LogP contribution in [0.1, 0.15) is 81.1 Å². The molecule has 0 aliphatic carbocycles. The second-order valence-corrected chi connectivity index (χ2v) is 22.8. The van der Waals surface area contributed by atoms with Crippen molar-refractivity contribution in [3.8, 4) is 67.5 Å². The Bertz CT molecular complexity index is 3470. The van der Waals surface area contributed by atoms with E-state index in [1.54, 1.807) is 0 Å². The zero-order valence-corrected chi connectivity index (χ0v) is 50.0. The van der Waals surface area contributed by atoms with E-state index in [-0.39, 0.29) is 0 Å². The molecule has 3 aromatic heterocycles. The van der Waals surface area contributed by atoms with Crippen molar-refractivity contribution in [1.29, 1.82) is 0 Å². The second kappa shape index (κ2) is 29.7. The first-order valence-electron chi connectivity index (χ1n) is 31.6. The number of aromatic nitrogens is 4. The summed E-state index contributed by atoms with van der Waals surface area (Å²) in [5.74, 6) is 3.33. The lowest BCUT2D eigenvalue weighted by Crippen LogP contribution is -2.38. The number of rotatable bonds is 26. The molecule has 5 aliphatic heterocycles. The Morgan fingerprint density at radius 3 is 0.895 bits per heavy atom. The minimum absolute atomic E-state index is 0.599. The predicted molar refractivity (Wildman–Crippen MR) is 347 cm³/mol. The summed E-state index contributed by atoms with van der Waals surface area (Å²) in [6, 6.07) is 42.6. The van der Waals surface area contributed by atoms with Crippen molar-refractivity contribution in [2.45, 2.75) is 58.3 Å². The van der Waals surface area contributed by atoms with Crippen LogP contribution < -0.4 is 18.9 Å². The van der Waals surface area contributed by atoms with Gasteiger partial charge in [0.25, 0.3) is 0 Å². The number of fused-ring (bicyclic) bond motifs is 8. The molecule has 0 radical (unpaired) electrons. The van der Waals surface area contributed by atoms with Gasteiger partial charge in [0.15, 0.2) is 0 Å².